The first kappa shape index (κ1) is 19.8. The van der Waals surface area contributed by atoms with E-state index in [-0.39, 0.29) is 17.4 Å². The van der Waals surface area contributed by atoms with E-state index in [1.54, 1.807) is 28.9 Å². The van der Waals surface area contributed by atoms with Crippen LogP contribution in [0.5, 0.6) is 0 Å². The van der Waals surface area contributed by atoms with E-state index in [4.69, 9.17) is 0 Å². The van der Waals surface area contributed by atoms with Crippen LogP contribution < -0.4 is 5.32 Å². The summed E-state index contributed by atoms with van der Waals surface area (Å²) < 4.78 is 1.67. The second-order valence-corrected chi connectivity index (χ2v) is 7.53. The molecule has 0 fully saturated rings. The molecule has 0 aliphatic carbocycles. The maximum absolute atomic E-state index is 12.3. The number of benzene rings is 2. The molecule has 0 unspecified atom stereocenters. The van der Waals surface area contributed by atoms with Crippen LogP contribution in [-0.4, -0.2) is 37.7 Å². The fraction of sp³-hybridized carbons (Fsp3) is 0.250. The van der Waals surface area contributed by atoms with Crippen molar-refractivity contribution >= 4 is 29.1 Å². The van der Waals surface area contributed by atoms with Gasteiger partial charge in [-0.25, -0.2) is 0 Å². The SMILES string of the molecule is CC(=O)c1ccc(NC(=O)CSc2nnnn2-c2c(C)cc(C)cc2C)cc1. The van der Waals surface area contributed by atoms with Crippen LogP contribution in [0, 0.1) is 20.8 Å². The Balaban J connectivity index is 1.68. The van der Waals surface area contributed by atoms with Crippen molar-refractivity contribution < 1.29 is 9.59 Å². The Morgan fingerprint density at radius 2 is 1.71 bits per heavy atom. The molecule has 0 radical (unpaired) electrons. The molecule has 1 heterocycles. The molecule has 0 saturated carbocycles. The van der Waals surface area contributed by atoms with Crippen molar-refractivity contribution in [2.24, 2.45) is 0 Å². The minimum absolute atomic E-state index is 0.0121. The molecular formula is C20H21N5O2S. The molecule has 3 aromatic rings. The fourth-order valence-electron chi connectivity index (χ4n) is 3.03. The molecular weight excluding hydrogens is 374 g/mol. The van der Waals surface area contributed by atoms with Gasteiger partial charge >= 0.3 is 0 Å². The predicted octanol–water partition coefficient (Wildman–Crippen LogP) is 3.52. The fourth-order valence-corrected chi connectivity index (χ4v) is 3.71. The van der Waals surface area contributed by atoms with Gasteiger partial charge in [-0.3, -0.25) is 9.59 Å². The number of thioether (sulfide) groups is 1. The van der Waals surface area contributed by atoms with E-state index in [0.29, 0.717) is 16.4 Å². The zero-order chi connectivity index (χ0) is 20.3. The van der Waals surface area contributed by atoms with Crippen molar-refractivity contribution in [1.29, 1.82) is 0 Å². The number of anilines is 1. The summed E-state index contributed by atoms with van der Waals surface area (Å²) >= 11 is 1.27. The summed E-state index contributed by atoms with van der Waals surface area (Å²) in [4.78, 5) is 23.6. The Bertz CT molecular complexity index is 1000. The van der Waals surface area contributed by atoms with Crippen LogP contribution in [0.2, 0.25) is 0 Å². The van der Waals surface area contributed by atoms with E-state index in [1.807, 2.05) is 20.8 Å². The number of rotatable bonds is 6. The number of nitrogens with zero attached hydrogens (tertiary/aromatic N) is 4. The molecule has 2 aromatic carbocycles. The van der Waals surface area contributed by atoms with Crippen molar-refractivity contribution in [3.63, 3.8) is 0 Å². The van der Waals surface area contributed by atoms with Crippen molar-refractivity contribution in [2.45, 2.75) is 32.9 Å². The minimum atomic E-state index is -0.174. The van der Waals surface area contributed by atoms with Crippen LogP contribution in [0.3, 0.4) is 0 Å². The van der Waals surface area contributed by atoms with Crippen LogP contribution >= 0.6 is 11.8 Å². The van der Waals surface area contributed by atoms with Gasteiger partial charge in [-0.2, -0.15) is 4.68 Å². The van der Waals surface area contributed by atoms with E-state index in [1.165, 1.54) is 24.2 Å². The van der Waals surface area contributed by atoms with Crippen molar-refractivity contribution in [3.05, 3.63) is 58.7 Å². The summed E-state index contributed by atoms with van der Waals surface area (Å²) in [6.07, 6.45) is 0. The Morgan fingerprint density at radius 1 is 1.07 bits per heavy atom. The molecule has 1 N–H and O–H groups in total. The zero-order valence-corrected chi connectivity index (χ0v) is 17.0. The summed E-state index contributed by atoms with van der Waals surface area (Å²) in [5, 5.41) is 15.3. The molecule has 144 valence electrons. The number of carbonyl (C=O) groups excluding carboxylic acids is 2. The Morgan fingerprint density at radius 3 is 2.32 bits per heavy atom. The van der Waals surface area contributed by atoms with E-state index < -0.39 is 0 Å². The zero-order valence-electron chi connectivity index (χ0n) is 16.2. The summed E-state index contributed by atoms with van der Waals surface area (Å²) in [5.41, 5.74) is 5.49. The number of nitrogens with one attached hydrogen (secondary N) is 1. The number of ketones is 1. The molecule has 0 atom stereocenters. The topological polar surface area (TPSA) is 89.8 Å². The van der Waals surface area contributed by atoms with Gasteiger partial charge in [0, 0.05) is 11.3 Å². The quantitative estimate of drug-likeness (QED) is 0.507. The second-order valence-electron chi connectivity index (χ2n) is 6.59. The predicted molar refractivity (Wildman–Crippen MR) is 109 cm³/mol. The average Bonchev–Trinajstić information content (AvgIpc) is 3.07. The summed E-state index contributed by atoms with van der Waals surface area (Å²) in [6.45, 7) is 7.59. The standard InChI is InChI=1S/C20H21N5O2S/c1-12-9-13(2)19(14(3)10-12)25-20(22-23-24-25)28-11-18(27)21-17-7-5-16(6-8-17)15(4)26/h5-10H,11H2,1-4H3,(H,21,27). The average molecular weight is 395 g/mol. The van der Waals surface area contributed by atoms with Crippen LogP contribution in [0.15, 0.2) is 41.6 Å². The molecule has 0 bridgehead atoms. The van der Waals surface area contributed by atoms with Gasteiger partial charge in [-0.15, -0.1) is 5.10 Å². The minimum Gasteiger partial charge on any atom is -0.325 e. The Hall–Kier alpha value is -3.00. The van der Waals surface area contributed by atoms with E-state index in [0.717, 1.165) is 16.8 Å². The maximum atomic E-state index is 12.3. The van der Waals surface area contributed by atoms with Gasteiger partial charge in [0.05, 0.1) is 11.4 Å². The number of Topliss-reactive ketones (excluding diaryl/α,β-unsaturated/α-hetero) is 1. The lowest BCUT2D eigenvalue weighted by molar-refractivity contribution is -0.113. The van der Waals surface area contributed by atoms with Gasteiger partial charge in [0.15, 0.2) is 5.78 Å². The monoisotopic (exact) mass is 395 g/mol. The largest absolute Gasteiger partial charge is 0.325 e. The maximum Gasteiger partial charge on any atom is 0.234 e. The van der Waals surface area contributed by atoms with Gasteiger partial charge in [0.25, 0.3) is 0 Å². The number of aromatic nitrogens is 4. The number of amides is 1. The molecule has 8 heteroatoms. The van der Waals surface area contributed by atoms with Crippen LogP contribution in [0.4, 0.5) is 5.69 Å². The van der Waals surface area contributed by atoms with Gasteiger partial charge in [-0.1, -0.05) is 29.5 Å². The molecule has 1 amide bonds. The Kier molecular flexibility index (Phi) is 5.89. The highest BCUT2D eigenvalue weighted by Gasteiger charge is 2.15. The smallest absolute Gasteiger partial charge is 0.234 e. The number of hydrogen-bond acceptors (Lipinski definition) is 6. The van der Waals surface area contributed by atoms with E-state index >= 15 is 0 Å². The molecule has 0 spiro atoms. The third kappa shape index (κ3) is 4.45. The highest BCUT2D eigenvalue weighted by atomic mass is 32.2. The second kappa shape index (κ2) is 8.35. The number of tetrazole rings is 1. The first-order chi connectivity index (χ1) is 13.3. The van der Waals surface area contributed by atoms with Crippen molar-refractivity contribution in [3.8, 4) is 5.69 Å². The lowest BCUT2D eigenvalue weighted by Gasteiger charge is -2.12. The first-order valence-electron chi connectivity index (χ1n) is 8.75. The molecule has 0 aliphatic rings. The summed E-state index contributed by atoms with van der Waals surface area (Å²) in [5.74, 6) is -0.0202. The third-order valence-corrected chi connectivity index (χ3v) is 5.11. The van der Waals surface area contributed by atoms with E-state index in [2.05, 4.69) is 33.0 Å². The van der Waals surface area contributed by atoms with Gasteiger partial charge < -0.3 is 5.32 Å². The molecule has 3 rings (SSSR count). The van der Waals surface area contributed by atoms with Crippen LogP contribution in [0.1, 0.15) is 34.0 Å². The van der Waals surface area contributed by atoms with E-state index in [9.17, 15) is 9.59 Å². The molecule has 1 aromatic heterocycles. The lowest BCUT2D eigenvalue weighted by atomic mass is 10.1. The normalized spacial score (nSPS) is 10.7. The molecule has 0 aliphatic heterocycles. The number of hydrogen-bond donors (Lipinski definition) is 1. The van der Waals surface area contributed by atoms with Crippen molar-refractivity contribution in [2.75, 3.05) is 11.1 Å². The van der Waals surface area contributed by atoms with Crippen LogP contribution in [0.25, 0.3) is 5.69 Å². The van der Waals surface area contributed by atoms with Gasteiger partial charge in [0.2, 0.25) is 11.1 Å². The van der Waals surface area contributed by atoms with Gasteiger partial charge in [-0.05, 0) is 73.5 Å². The highest BCUT2D eigenvalue weighted by molar-refractivity contribution is 7.99. The molecule has 28 heavy (non-hydrogen) atoms. The van der Waals surface area contributed by atoms with Gasteiger partial charge in [0.1, 0.15) is 0 Å². The number of aryl methyl sites for hydroxylation is 3. The lowest BCUT2D eigenvalue weighted by Crippen LogP contribution is -2.15. The highest BCUT2D eigenvalue weighted by Crippen LogP contribution is 2.25. The first-order valence-corrected chi connectivity index (χ1v) is 9.74. The molecule has 0 saturated heterocycles. The van der Waals surface area contributed by atoms with Crippen molar-refractivity contribution in [1.82, 2.24) is 20.2 Å². The number of carbonyl (C=O) groups is 2. The van der Waals surface area contributed by atoms with Crippen LogP contribution in [-0.2, 0) is 4.79 Å². The summed E-state index contributed by atoms with van der Waals surface area (Å²) in [6, 6.07) is 11.0. The molecule has 7 nitrogen and oxygen atoms in total. The Labute approximate surface area is 167 Å². The summed E-state index contributed by atoms with van der Waals surface area (Å²) in [7, 11) is 0. The third-order valence-electron chi connectivity index (χ3n) is 4.20.